The van der Waals surface area contributed by atoms with Crippen molar-refractivity contribution in [2.24, 2.45) is 0 Å². The summed E-state index contributed by atoms with van der Waals surface area (Å²) in [5, 5.41) is 18.6. The molecular formula is C9H8Cl2O3. The zero-order valence-corrected chi connectivity index (χ0v) is 8.80. The number of rotatable bonds is 2. The third kappa shape index (κ3) is 2.18. The molecule has 0 saturated heterocycles. The molecule has 14 heavy (non-hydrogen) atoms. The zero-order valence-electron chi connectivity index (χ0n) is 7.29. The average Bonchev–Trinajstić information content (AvgIpc) is 2.09. The minimum atomic E-state index is -1.59. The molecule has 0 aromatic heterocycles. The largest absolute Gasteiger partial charge is 0.479 e. The Kier molecular flexibility index (Phi) is 3.37. The zero-order chi connectivity index (χ0) is 10.9. The van der Waals surface area contributed by atoms with Crippen molar-refractivity contribution in [1.29, 1.82) is 0 Å². The molecule has 2 N–H and O–H groups in total. The second-order valence-electron chi connectivity index (χ2n) is 2.84. The molecule has 76 valence electrons. The first-order valence-electron chi connectivity index (χ1n) is 3.80. The Labute approximate surface area is 90.9 Å². The van der Waals surface area contributed by atoms with Gasteiger partial charge >= 0.3 is 5.97 Å². The van der Waals surface area contributed by atoms with Gasteiger partial charge in [-0.15, -0.1) is 0 Å². The van der Waals surface area contributed by atoms with Gasteiger partial charge in [-0.25, -0.2) is 4.79 Å². The molecule has 0 spiro atoms. The van der Waals surface area contributed by atoms with Gasteiger partial charge in [0.25, 0.3) is 0 Å². The first-order valence-corrected chi connectivity index (χ1v) is 4.55. The second kappa shape index (κ2) is 4.17. The van der Waals surface area contributed by atoms with Crippen molar-refractivity contribution >= 4 is 29.2 Å². The van der Waals surface area contributed by atoms with E-state index in [1.54, 1.807) is 6.92 Å². The Bertz CT molecular complexity index is 377. The standard InChI is InChI=1S/C9H8Cl2O3/c1-4-6(8(12)9(13)14)2-5(10)3-7(4)11/h2-3,8,12H,1H3,(H,13,14)/t8-/m0/s1. The van der Waals surface area contributed by atoms with Crippen molar-refractivity contribution in [3.8, 4) is 0 Å². The van der Waals surface area contributed by atoms with Crippen molar-refractivity contribution in [3.05, 3.63) is 33.3 Å². The number of carboxylic acid groups (broad SMARTS) is 1. The molecule has 1 aromatic carbocycles. The molecule has 0 aliphatic carbocycles. The maximum atomic E-state index is 10.5. The van der Waals surface area contributed by atoms with E-state index in [2.05, 4.69) is 0 Å². The summed E-state index contributed by atoms with van der Waals surface area (Å²) >= 11 is 11.5. The van der Waals surface area contributed by atoms with Crippen LogP contribution in [0.1, 0.15) is 17.2 Å². The molecule has 0 radical (unpaired) electrons. The number of aliphatic hydroxyl groups excluding tert-OH is 1. The van der Waals surface area contributed by atoms with Gasteiger partial charge in [0.1, 0.15) is 0 Å². The average molecular weight is 235 g/mol. The summed E-state index contributed by atoms with van der Waals surface area (Å²) in [6, 6.07) is 2.89. The van der Waals surface area contributed by atoms with E-state index in [1.165, 1.54) is 12.1 Å². The molecule has 0 unspecified atom stereocenters. The number of halogens is 2. The van der Waals surface area contributed by atoms with E-state index >= 15 is 0 Å². The van der Waals surface area contributed by atoms with Gasteiger partial charge in [-0.1, -0.05) is 23.2 Å². The molecule has 0 saturated carbocycles. The number of carbonyl (C=O) groups is 1. The third-order valence-electron chi connectivity index (χ3n) is 1.88. The molecule has 0 aliphatic rings. The number of aliphatic hydroxyl groups is 1. The quantitative estimate of drug-likeness (QED) is 0.827. The fourth-order valence-electron chi connectivity index (χ4n) is 1.08. The lowest BCUT2D eigenvalue weighted by Crippen LogP contribution is -2.12. The van der Waals surface area contributed by atoms with Crippen LogP contribution in [0, 0.1) is 6.92 Å². The van der Waals surface area contributed by atoms with Crippen molar-refractivity contribution < 1.29 is 15.0 Å². The highest BCUT2D eigenvalue weighted by Crippen LogP contribution is 2.28. The molecule has 5 heteroatoms. The van der Waals surface area contributed by atoms with Crippen molar-refractivity contribution in [2.45, 2.75) is 13.0 Å². The molecule has 0 fully saturated rings. The van der Waals surface area contributed by atoms with E-state index in [-0.39, 0.29) is 5.56 Å². The summed E-state index contributed by atoms with van der Waals surface area (Å²) in [4.78, 5) is 10.5. The first kappa shape index (κ1) is 11.3. The Hall–Kier alpha value is -0.770. The SMILES string of the molecule is Cc1c(Cl)cc(Cl)cc1[C@H](O)C(=O)O. The Morgan fingerprint density at radius 2 is 2.00 bits per heavy atom. The molecule has 1 aromatic rings. The summed E-state index contributed by atoms with van der Waals surface area (Å²) in [6.45, 7) is 1.63. The van der Waals surface area contributed by atoms with Crippen LogP contribution >= 0.6 is 23.2 Å². The number of hydrogen-bond acceptors (Lipinski definition) is 2. The maximum absolute atomic E-state index is 10.5. The molecule has 0 bridgehead atoms. The maximum Gasteiger partial charge on any atom is 0.337 e. The summed E-state index contributed by atoms with van der Waals surface area (Å²) in [7, 11) is 0. The van der Waals surface area contributed by atoms with Gasteiger partial charge < -0.3 is 10.2 Å². The van der Waals surface area contributed by atoms with Crippen molar-refractivity contribution in [3.63, 3.8) is 0 Å². The fraction of sp³-hybridized carbons (Fsp3) is 0.222. The minimum Gasteiger partial charge on any atom is -0.479 e. The molecule has 0 aliphatic heterocycles. The Balaban J connectivity index is 3.26. The van der Waals surface area contributed by atoms with Gasteiger partial charge in [-0.2, -0.15) is 0 Å². The van der Waals surface area contributed by atoms with Crippen LogP contribution < -0.4 is 0 Å². The van der Waals surface area contributed by atoms with E-state index in [0.717, 1.165) is 0 Å². The smallest absolute Gasteiger partial charge is 0.337 e. The van der Waals surface area contributed by atoms with Crippen LogP contribution in [-0.2, 0) is 4.79 Å². The number of aliphatic carboxylic acids is 1. The lowest BCUT2D eigenvalue weighted by molar-refractivity contribution is -0.147. The van der Waals surface area contributed by atoms with Crippen molar-refractivity contribution in [1.82, 2.24) is 0 Å². The first-order chi connectivity index (χ1) is 6.43. The monoisotopic (exact) mass is 234 g/mol. The van der Waals surface area contributed by atoms with Gasteiger partial charge in [0.15, 0.2) is 6.10 Å². The van der Waals surface area contributed by atoms with Crippen LogP contribution in [0.5, 0.6) is 0 Å². The lowest BCUT2D eigenvalue weighted by Gasteiger charge is -2.11. The van der Waals surface area contributed by atoms with Crippen LogP contribution in [0.4, 0.5) is 0 Å². The molecule has 0 amide bonds. The van der Waals surface area contributed by atoms with Crippen LogP contribution in [-0.4, -0.2) is 16.2 Å². The summed E-state index contributed by atoms with van der Waals surface area (Å²) in [5.41, 5.74) is 0.737. The van der Waals surface area contributed by atoms with Gasteiger partial charge in [-0.05, 0) is 30.2 Å². The van der Waals surface area contributed by atoms with Gasteiger partial charge in [-0.3, -0.25) is 0 Å². The van der Waals surface area contributed by atoms with Gasteiger partial charge in [0.05, 0.1) is 0 Å². The normalized spacial score (nSPS) is 12.6. The predicted octanol–water partition coefficient (Wildman–Crippen LogP) is 2.42. The van der Waals surface area contributed by atoms with Crippen LogP contribution in [0.3, 0.4) is 0 Å². The summed E-state index contributed by atoms with van der Waals surface area (Å²) in [5.74, 6) is -1.33. The van der Waals surface area contributed by atoms with Gasteiger partial charge in [0, 0.05) is 10.0 Å². The van der Waals surface area contributed by atoms with E-state index in [9.17, 15) is 9.90 Å². The van der Waals surface area contributed by atoms with E-state index in [1.807, 2.05) is 0 Å². The van der Waals surface area contributed by atoms with E-state index in [0.29, 0.717) is 15.6 Å². The molecule has 1 rings (SSSR count). The highest BCUT2D eigenvalue weighted by molar-refractivity contribution is 6.35. The fourth-order valence-corrected chi connectivity index (χ4v) is 1.59. The minimum absolute atomic E-state index is 0.218. The molecular weight excluding hydrogens is 227 g/mol. The molecule has 1 atom stereocenters. The highest BCUT2D eigenvalue weighted by Gasteiger charge is 2.19. The molecule has 3 nitrogen and oxygen atoms in total. The highest BCUT2D eigenvalue weighted by atomic mass is 35.5. The van der Waals surface area contributed by atoms with Gasteiger partial charge in [0.2, 0.25) is 0 Å². The Morgan fingerprint density at radius 3 is 2.50 bits per heavy atom. The lowest BCUT2D eigenvalue weighted by atomic mass is 10.0. The van der Waals surface area contributed by atoms with Crippen LogP contribution in [0.2, 0.25) is 10.0 Å². The van der Waals surface area contributed by atoms with E-state index in [4.69, 9.17) is 28.3 Å². The number of benzene rings is 1. The number of carboxylic acids is 1. The second-order valence-corrected chi connectivity index (χ2v) is 3.69. The van der Waals surface area contributed by atoms with Crippen LogP contribution in [0.25, 0.3) is 0 Å². The van der Waals surface area contributed by atoms with Crippen LogP contribution in [0.15, 0.2) is 12.1 Å². The third-order valence-corrected chi connectivity index (χ3v) is 2.49. The topological polar surface area (TPSA) is 57.5 Å². The predicted molar refractivity (Wildman–Crippen MR) is 53.8 cm³/mol. The summed E-state index contributed by atoms with van der Waals surface area (Å²) < 4.78 is 0. The van der Waals surface area contributed by atoms with E-state index < -0.39 is 12.1 Å². The Morgan fingerprint density at radius 1 is 1.43 bits per heavy atom. The summed E-state index contributed by atoms with van der Waals surface area (Å²) in [6.07, 6.45) is -1.59. The molecule has 0 heterocycles. The number of hydrogen-bond donors (Lipinski definition) is 2. The van der Waals surface area contributed by atoms with Crippen molar-refractivity contribution in [2.75, 3.05) is 0 Å².